The minimum absolute atomic E-state index is 0.279. The highest BCUT2D eigenvalue weighted by Gasteiger charge is 2.43. The van der Waals surface area contributed by atoms with E-state index in [0.717, 1.165) is 23.7 Å². The van der Waals surface area contributed by atoms with Gasteiger partial charge < -0.3 is 15.2 Å². The zero-order chi connectivity index (χ0) is 13.6. The Hall–Kier alpha value is -1.23. The summed E-state index contributed by atoms with van der Waals surface area (Å²) < 4.78 is 5.86. The summed E-state index contributed by atoms with van der Waals surface area (Å²) in [5.41, 5.74) is 2.15. The first kappa shape index (κ1) is 12.8. The molecule has 5 heteroatoms. The van der Waals surface area contributed by atoms with E-state index in [-0.39, 0.29) is 11.6 Å². The first-order chi connectivity index (χ1) is 8.99. The third-order valence-corrected chi connectivity index (χ3v) is 5.21. The molecule has 4 nitrogen and oxygen atoms in total. The molecular weight excluding hydrogens is 310 g/mol. The molecule has 0 spiro atoms. The van der Waals surface area contributed by atoms with Crippen molar-refractivity contribution in [3.8, 4) is 5.75 Å². The summed E-state index contributed by atoms with van der Waals surface area (Å²) in [6.07, 6.45) is 2.46. The van der Waals surface area contributed by atoms with Crippen LogP contribution < -0.4 is 5.32 Å². The van der Waals surface area contributed by atoms with Crippen molar-refractivity contribution in [2.45, 2.75) is 31.7 Å². The van der Waals surface area contributed by atoms with Gasteiger partial charge in [0.05, 0.1) is 10.0 Å². The number of ether oxygens (including phenoxy) is 1. The predicted octanol–water partition coefficient (Wildman–Crippen LogP) is 2.76. The van der Waals surface area contributed by atoms with Gasteiger partial charge in [0.2, 0.25) is 0 Å². The van der Waals surface area contributed by atoms with Crippen molar-refractivity contribution in [2.75, 3.05) is 6.61 Å². The van der Waals surface area contributed by atoms with E-state index in [1.807, 2.05) is 13.0 Å². The van der Waals surface area contributed by atoms with Crippen LogP contribution in [0.25, 0.3) is 0 Å². The molecule has 1 amide bonds. The molecule has 0 bridgehead atoms. The number of nitrogens with one attached hydrogen (secondary N) is 1. The molecule has 3 rings (SSSR count). The highest BCUT2D eigenvalue weighted by Crippen LogP contribution is 2.39. The number of hydrogen-bond donors (Lipinski definition) is 2. The number of benzene rings is 1. The summed E-state index contributed by atoms with van der Waals surface area (Å²) in [4.78, 5) is 11.3. The van der Waals surface area contributed by atoms with Crippen LogP contribution in [-0.4, -0.2) is 23.3 Å². The van der Waals surface area contributed by atoms with Crippen LogP contribution >= 0.6 is 15.9 Å². The quantitative estimate of drug-likeness (QED) is 0.834. The average Bonchev–Trinajstić information content (AvgIpc) is 2.75. The van der Waals surface area contributed by atoms with Crippen LogP contribution in [0.1, 0.15) is 24.5 Å². The monoisotopic (exact) mass is 325 g/mol. The zero-order valence-corrected chi connectivity index (χ0v) is 12.3. The molecule has 1 saturated heterocycles. The van der Waals surface area contributed by atoms with E-state index in [4.69, 9.17) is 4.74 Å². The second-order valence-electron chi connectivity index (χ2n) is 5.59. The van der Waals surface area contributed by atoms with Crippen LogP contribution in [0.3, 0.4) is 0 Å². The number of fused-ring (bicyclic) bond motifs is 1. The fourth-order valence-corrected chi connectivity index (χ4v) is 3.67. The number of carbonyl (C=O) groups excluding carboxylic acids is 1. The van der Waals surface area contributed by atoms with Crippen molar-refractivity contribution in [1.82, 2.24) is 5.32 Å². The summed E-state index contributed by atoms with van der Waals surface area (Å²) in [5, 5.41) is 12.6. The van der Waals surface area contributed by atoms with Crippen molar-refractivity contribution < 1.29 is 14.6 Å². The van der Waals surface area contributed by atoms with Crippen LogP contribution in [-0.2, 0) is 17.6 Å². The summed E-state index contributed by atoms with van der Waals surface area (Å²) in [6.45, 7) is 2.48. The normalized spacial score (nSPS) is 29.6. The minimum Gasteiger partial charge on any atom is -0.507 e. The van der Waals surface area contributed by atoms with Gasteiger partial charge in [-0.3, -0.25) is 0 Å². The Balaban J connectivity index is 1.87. The number of phenolic OH excluding ortho intramolecular Hbond substituents is 1. The number of phenols is 1. The first-order valence-electron chi connectivity index (χ1n) is 6.44. The van der Waals surface area contributed by atoms with Crippen LogP contribution in [0, 0.1) is 5.92 Å². The molecule has 102 valence electrons. The molecule has 2 unspecified atom stereocenters. The summed E-state index contributed by atoms with van der Waals surface area (Å²) >= 11 is 3.45. The first-order valence-corrected chi connectivity index (χ1v) is 7.23. The van der Waals surface area contributed by atoms with Crippen LogP contribution in [0.4, 0.5) is 4.79 Å². The number of carbonyl (C=O) groups is 1. The molecule has 1 aromatic carbocycles. The van der Waals surface area contributed by atoms with E-state index in [0.29, 0.717) is 18.3 Å². The van der Waals surface area contributed by atoms with Gasteiger partial charge in [-0.05, 0) is 65.2 Å². The summed E-state index contributed by atoms with van der Waals surface area (Å²) in [5.74, 6) is 0.656. The number of alkyl carbamates (subject to hydrolysis) is 1. The molecule has 1 aromatic rings. The number of amides is 1. The molecular formula is C14H16BrNO3. The second kappa shape index (κ2) is 4.40. The molecule has 0 radical (unpaired) electrons. The van der Waals surface area contributed by atoms with Gasteiger partial charge >= 0.3 is 6.09 Å². The molecule has 1 aliphatic carbocycles. The number of cyclic esters (lactones) is 1. The van der Waals surface area contributed by atoms with Crippen molar-refractivity contribution in [2.24, 2.45) is 5.92 Å². The maximum absolute atomic E-state index is 11.3. The largest absolute Gasteiger partial charge is 0.507 e. The number of halogens is 1. The van der Waals surface area contributed by atoms with Gasteiger partial charge in [0.15, 0.2) is 0 Å². The van der Waals surface area contributed by atoms with Crippen molar-refractivity contribution >= 4 is 22.0 Å². The number of hydrogen-bond acceptors (Lipinski definition) is 3. The summed E-state index contributed by atoms with van der Waals surface area (Å²) in [7, 11) is 0. The molecule has 2 aliphatic rings. The van der Waals surface area contributed by atoms with Crippen LogP contribution in [0.15, 0.2) is 16.6 Å². The maximum Gasteiger partial charge on any atom is 0.407 e. The Kier molecular flexibility index (Phi) is 2.96. The third-order valence-electron chi connectivity index (χ3n) is 4.32. The highest BCUT2D eigenvalue weighted by molar-refractivity contribution is 9.10. The SMILES string of the molecule is CC1(C2CCc3c(ccc(O)c3Br)C2)COC(=O)N1. The van der Waals surface area contributed by atoms with Gasteiger partial charge in [-0.1, -0.05) is 6.07 Å². The lowest BCUT2D eigenvalue weighted by molar-refractivity contribution is 0.161. The van der Waals surface area contributed by atoms with Gasteiger partial charge in [0, 0.05) is 0 Å². The van der Waals surface area contributed by atoms with E-state index >= 15 is 0 Å². The van der Waals surface area contributed by atoms with Gasteiger partial charge in [-0.2, -0.15) is 0 Å². The smallest absolute Gasteiger partial charge is 0.407 e. The highest BCUT2D eigenvalue weighted by atomic mass is 79.9. The van der Waals surface area contributed by atoms with Crippen LogP contribution in [0.2, 0.25) is 0 Å². The zero-order valence-electron chi connectivity index (χ0n) is 10.7. The molecule has 1 heterocycles. The maximum atomic E-state index is 11.3. The lowest BCUT2D eigenvalue weighted by Crippen LogP contribution is -2.49. The molecule has 1 aliphatic heterocycles. The average molecular weight is 326 g/mol. The third kappa shape index (κ3) is 2.10. The van der Waals surface area contributed by atoms with Gasteiger partial charge in [-0.25, -0.2) is 4.79 Å². The Morgan fingerprint density at radius 3 is 3.00 bits per heavy atom. The van der Waals surface area contributed by atoms with Crippen LogP contribution in [0.5, 0.6) is 5.75 Å². The van der Waals surface area contributed by atoms with E-state index < -0.39 is 0 Å². The van der Waals surface area contributed by atoms with E-state index in [1.54, 1.807) is 6.07 Å². The molecule has 19 heavy (non-hydrogen) atoms. The van der Waals surface area contributed by atoms with Gasteiger partial charge in [0.1, 0.15) is 12.4 Å². The Labute approximate surface area is 120 Å². The fraction of sp³-hybridized carbons (Fsp3) is 0.500. The Morgan fingerprint density at radius 2 is 2.32 bits per heavy atom. The number of rotatable bonds is 1. The summed E-state index contributed by atoms with van der Waals surface area (Å²) in [6, 6.07) is 3.69. The van der Waals surface area contributed by atoms with E-state index in [2.05, 4.69) is 21.2 Å². The second-order valence-corrected chi connectivity index (χ2v) is 6.39. The molecule has 0 aromatic heterocycles. The fourth-order valence-electron chi connectivity index (χ4n) is 3.08. The standard InChI is InChI=1S/C14H16BrNO3/c1-14(7-19-13(18)16-14)9-3-4-10-8(6-9)2-5-11(17)12(10)15/h2,5,9,17H,3-4,6-7H2,1H3,(H,16,18). The Bertz CT molecular complexity index is 546. The van der Waals surface area contributed by atoms with E-state index in [9.17, 15) is 9.90 Å². The lowest BCUT2D eigenvalue weighted by atomic mass is 9.74. The predicted molar refractivity (Wildman–Crippen MR) is 74.2 cm³/mol. The van der Waals surface area contributed by atoms with Crippen molar-refractivity contribution in [3.05, 3.63) is 27.7 Å². The van der Waals surface area contributed by atoms with Gasteiger partial charge in [-0.15, -0.1) is 0 Å². The topological polar surface area (TPSA) is 58.6 Å². The minimum atomic E-state index is -0.319. The lowest BCUT2D eigenvalue weighted by Gasteiger charge is -2.36. The van der Waals surface area contributed by atoms with Crippen molar-refractivity contribution in [1.29, 1.82) is 0 Å². The van der Waals surface area contributed by atoms with E-state index in [1.165, 1.54) is 11.1 Å². The van der Waals surface area contributed by atoms with Gasteiger partial charge in [0.25, 0.3) is 0 Å². The van der Waals surface area contributed by atoms with Crippen molar-refractivity contribution in [3.63, 3.8) is 0 Å². The molecule has 2 atom stereocenters. The molecule has 0 saturated carbocycles. The molecule has 1 fully saturated rings. The Morgan fingerprint density at radius 1 is 1.53 bits per heavy atom. The molecule has 2 N–H and O–H groups in total. The number of aromatic hydroxyl groups is 1.